The third-order valence-electron chi connectivity index (χ3n) is 3.11. The van der Waals surface area contributed by atoms with Crippen molar-refractivity contribution in [1.29, 1.82) is 0 Å². The Labute approximate surface area is 130 Å². The van der Waals surface area contributed by atoms with E-state index in [0.717, 1.165) is 0 Å². The van der Waals surface area contributed by atoms with Gasteiger partial charge in [-0.05, 0) is 24.5 Å². The molecule has 6 heteroatoms. The van der Waals surface area contributed by atoms with Crippen molar-refractivity contribution in [3.8, 4) is 11.5 Å². The molecule has 0 radical (unpaired) electrons. The maximum absolute atomic E-state index is 12.4. The van der Waals surface area contributed by atoms with E-state index < -0.39 is 12.0 Å². The molecule has 1 N–H and O–H groups in total. The average molecular weight is 309 g/mol. The minimum absolute atomic E-state index is 0.240. The van der Waals surface area contributed by atoms with E-state index in [1.165, 1.54) is 21.3 Å². The van der Waals surface area contributed by atoms with Crippen LogP contribution in [0.3, 0.4) is 0 Å². The van der Waals surface area contributed by atoms with E-state index in [-0.39, 0.29) is 11.8 Å². The summed E-state index contributed by atoms with van der Waals surface area (Å²) in [6, 6.07) is 4.15. The number of hydrogen-bond donors (Lipinski definition) is 1. The number of methoxy groups -OCH3 is 3. The predicted molar refractivity (Wildman–Crippen MR) is 82.3 cm³/mol. The van der Waals surface area contributed by atoms with Crippen LogP contribution >= 0.6 is 0 Å². The first-order valence-electron chi connectivity index (χ1n) is 7.03. The van der Waals surface area contributed by atoms with E-state index in [2.05, 4.69) is 5.32 Å². The number of carbonyl (C=O) groups excluding carboxylic acids is 2. The van der Waals surface area contributed by atoms with Gasteiger partial charge in [-0.3, -0.25) is 4.79 Å². The molecule has 0 aliphatic heterocycles. The number of nitrogens with one attached hydrogen (secondary N) is 1. The van der Waals surface area contributed by atoms with Gasteiger partial charge in [0.15, 0.2) is 0 Å². The molecule has 0 bridgehead atoms. The van der Waals surface area contributed by atoms with Crippen molar-refractivity contribution in [2.45, 2.75) is 26.3 Å². The molecule has 0 aliphatic rings. The summed E-state index contributed by atoms with van der Waals surface area (Å²) in [6.07, 6.45) is 0.500. The van der Waals surface area contributed by atoms with Gasteiger partial charge in [0.2, 0.25) is 0 Å². The zero-order valence-electron chi connectivity index (χ0n) is 13.6. The number of benzene rings is 1. The van der Waals surface area contributed by atoms with Crippen LogP contribution in [-0.2, 0) is 9.53 Å². The molecule has 1 rings (SSSR count). The van der Waals surface area contributed by atoms with Crippen LogP contribution in [0.15, 0.2) is 18.2 Å². The number of amides is 1. The molecule has 0 fully saturated rings. The summed E-state index contributed by atoms with van der Waals surface area (Å²) in [5.41, 5.74) is 0.355. The lowest BCUT2D eigenvalue weighted by Gasteiger charge is -2.18. The fourth-order valence-corrected chi connectivity index (χ4v) is 2.01. The summed E-state index contributed by atoms with van der Waals surface area (Å²) in [6.45, 7) is 3.94. The summed E-state index contributed by atoms with van der Waals surface area (Å²) in [4.78, 5) is 24.1. The van der Waals surface area contributed by atoms with E-state index in [1.54, 1.807) is 18.2 Å². The third-order valence-corrected chi connectivity index (χ3v) is 3.11. The standard InChI is InChI=1S/C16H23NO5/c1-10(2)6-14(16(19)22-5)17-15(18)11-7-12(20-3)9-13(8-11)21-4/h7-10,14H,6H2,1-5H3,(H,17,18)/t14-/m0/s1. The van der Waals surface area contributed by atoms with Crippen molar-refractivity contribution < 1.29 is 23.8 Å². The Hall–Kier alpha value is -2.24. The third kappa shape index (κ3) is 4.95. The Kier molecular flexibility index (Phi) is 6.69. The molecule has 1 amide bonds. The van der Waals surface area contributed by atoms with Crippen LogP contribution in [0.5, 0.6) is 11.5 Å². The van der Waals surface area contributed by atoms with E-state index in [9.17, 15) is 9.59 Å². The Morgan fingerprint density at radius 2 is 1.59 bits per heavy atom. The van der Waals surface area contributed by atoms with Crippen LogP contribution in [0.1, 0.15) is 30.6 Å². The molecule has 0 unspecified atom stereocenters. The second-order valence-corrected chi connectivity index (χ2v) is 5.28. The molecule has 0 saturated heterocycles. The van der Waals surface area contributed by atoms with Gasteiger partial charge >= 0.3 is 5.97 Å². The first-order chi connectivity index (χ1) is 10.4. The van der Waals surface area contributed by atoms with Crippen LogP contribution in [0.2, 0.25) is 0 Å². The van der Waals surface area contributed by atoms with Gasteiger partial charge in [-0.15, -0.1) is 0 Å². The molecule has 0 heterocycles. The van der Waals surface area contributed by atoms with Gasteiger partial charge in [-0.1, -0.05) is 13.8 Å². The molecular weight excluding hydrogens is 286 g/mol. The monoisotopic (exact) mass is 309 g/mol. The fraction of sp³-hybridized carbons (Fsp3) is 0.500. The minimum Gasteiger partial charge on any atom is -0.497 e. The van der Waals surface area contributed by atoms with Crippen LogP contribution in [0.25, 0.3) is 0 Å². The van der Waals surface area contributed by atoms with Crippen molar-refractivity contribution in [1.82, 2.24) is 5.32 Å². The highest BCUT2D eigenvalue weighted by molar-refractivity contribution is 5.97. The summed E-state index contributed by atoms with van der Waals surface area (Å²) in [7, 11) is 4.31. The van der Waals surface area contributed by atoms with Crippen molar-refractivity contribution >= 4 is 11.9 Å². The Morgan fingerprint density at radius 1 is 1.05 bits per heavy atom. The number of hydrogen-bond acceptors (Lipinski definition) is 5. The second-order valence-electron chi connectivity index (χ2n) is 5.28. The quantitative estimate of drug-likeness (QED) is 0.780. The zero-order valence-corrected chi connectivity index (χ0v) is 13.6. The fourth-order valence-electron chi connectivity index (χ4n) is 2.01. The Bertz CT molecular complexity index is 505. The van der Waals surface area contributed by atoms with Gasteiger partial charge < -0.3 is 19.5 Å². The van der Waals surface area contributed by atoms with Gasteiger partial charge in [0.25, 0.3) is 5.91 Å². The SMILES string of the molecule is COC(=O)[C@H](CC(C)C)NC(=O)c1cc(OC)cc(OC)c1. The van der Waals surface area contributed by atoms with Crippen LogP contribution in [0, 0.1) is 5.92 Å². The molecule has 1 aromatic rings. The van der Waals surface area contributed by atoms with E-state index in [0.29, 0.717) is 23.5 Å². The average Bonchev–Trinajstić information content (AvgIpc) is 2.52. The van der Waals surface area contributed by atoms with Crippen molar-refractivity contribution in [2.75, 3.05) is 21.3 Å². The normalized spacial score (nSPS) is 11.7. The molecule has 0 aliphatic carbocycles. The van der Waals surface area contributed by atoms with Gasteiger partial charge in [-0.25, -0.2) is 4.79 Å². The highest BCUT2D eigenvalue weighted by atomic mass is 16.5. The maximum atomic E-state index is 12.4. The second kappa shape index (κ2) is 8.26. The maximum Gasteiger partial charge on any atom is 0.328 e. The van der Waals surface area contributed by atoms with Crippen molar-refractivity contribution in [3.05, 3.63) is 23.8 Å². The molecule has 122 valence electrons. The largest absolute Gasteiger partial charge is 0.497 e. The van der Waals surface area contributed by atoms with Gasteiger partial charge in [-0.2, -0.15) is 0 Å². The Morgan fingerprint density at radius 3 is 2.00 bits per heavy atom. The summed E-state index contributed by atoms with van der Waals surface area (Å²) < 4.78 is 15.0. The van der Waals surface area contributed by atoms with E-state index >= 15 is 0 Å². The summed E-state index contributed by atoms with van der Waals surface area (Å²) in [5.74, 6) is 0.403. The summed E-state index contributed by atoms with van der Waals surface area (Å²) in [5, 5.41) is 2.69. The molecule has 1 atom stereocenters. The number of ether oxygens (including phenoxy) is 3. The van der Waals surface area contributed by atoms with Crippen molar-refractivity contribution in [2.24, 2.45) is 5.92 Å². The van der Waals surface area contributed by atoms with Gasteiger partial charge in [0, 0.05) is 11.6 Å². The molecule has 1 aromatic carbocycles. The minimum atomic E-state index is -0.685. The lowest BCUT2D eigenvalue weighted by Crippen LogP contribution is -2.42. The van der Waals surface area contributed by atoms with Crippen LogP contribution < -0.4 is 14.8 Å². The molecule has 0 spiro atoms. The number of carbonyl (C=O) groups is 2. The smallest absolute Gasteiger partial charge is 0.328 e. The topological polar surface area (TPSA) is 73.9 Å². The first kappa shape index (κ1) is 17.8. The molecule has 22 heavy (non-hydrogen) atoms. The van der Waals surface area contributed by atoms with E-state index in [4.69, 9.17) is 14.2 Å². The molecular formula is C16H23NO5. The van der Waals surface area contributed by atoms with E-state index in [1.807, 2.05) is 13.8 Å². The first-order valence-corrected chi connectivity index (χ1v) is 7.03. The molecule has 0 aromatic heterocycles. The predicted octanol–water partition coefficient (Wildman–Crippen LogP) is 2.02. The van der Waals surface area contributed by atoms with Crippen LogP contribution in [-0.4, -0.2) is 39.2 Å². The highest BCUT2D eigenvalue weighted by Crippen LogP contribution is 2.22. The van der Waals surface area contributed by atoms with Gasteiger partial charge in [0.05, 0.1) is 21.3 Å². The highest BCUT2D eigenvalue weighted by Gasteiger charge is 2.23. The van der Waals surface area contributed by atoms with Crippen molar-refractivity contribution in [3.63, 3.8) is 0 Å². The molecule has 6 nitrogen and oxygen atoms in total. The Balaban J connectivity index is 2.96. The zero-order chi connectivity index (χ0) is 16.7. The molecule has 0 saturated carbocycles. The summed E-state index contributed by atoms with van der Waals surface area (Å²) >= 11 is 0. The van der Waals surface area contributed by atoms with Gasteiger partial charge in [0.1, 0.15) is 17.5 Å². The van der Waals surface area contributed by atoms with Crippen LogP contribution in [0.4, 0.5) is 0 Å². The lowest BCUT2D eigenvalue weighted by molar-refractivity contribution is -0.143. The number of rotatable bonds is 7. The number of esters is 1. The lowest BCUT2D eigenvalue weighted by atomic mass is 10.0.